The van der Waals surface area contributed by atoms with Gasteiger partial charge < -0.3 is 4.90 Å². The van der Waals surface area contributed by atoms with Crippen molar-refractivity contribution in [3.8, 4) is 6.07 Å². The fourth-order valence-corrected chi connectivity index (χ4v) is 4.26. The zero-order valence-electron chi connectivity index (χ0n) is 17.0. The molecule has 1 aromatic rings. The summed E-state index contributed by atoms with van der Waals surface area (Å²) in [6.07, 6.45) is -0.157. The quantitative estimate of drug-likeness (QED) is 0.687. The molecule has 2 atom stereocenters. The lowest BCUT2D eigenvalue weighted by molar-refractivity contribution is -0.137. The van der Waals surface area contributed by atoms with Crippen molar-refractivity contribution in [1.82, 2.24) is 9.80 Å². The van der Waals surface area contributed by atoms with Crippen molar-refractivity contribution in [1.29, 1.82) is 5.26 Å². The third-order valence-corrected chi connectivity index (χ3v) is 5.48. The van der Waals surface area contributed by atoms with Crippen LogP contribution in [0.3, 0.4) is 0 Å². The average molecular weight is 420 g/mol. The van der Waals surface area contributed by atoms with Crippen LogP contribution in [0, 0.1) is 11.3 Å². The molecule has 30 heavy (non-hydrogen) atoms. The van der Waals surface area contributed by atoms with Crippen molar-refractivity contribution in [2.45, 2.75) is 50.9 Å². The van der Waals surface area contributed by atoms with E-state index in [9.17, 15) is 22.8 Å². The molecule has 0 N–H and O–H groups in total. The highest BCUT2D eigenvalue weighted by atomic mass is 19.4. The van der Waals surface area contributed by atoms with Crippen LogP contribution in [0.1, 0.15) is 43.7 Å². The molecule has 2 amide bonds. The van der Waals surface area contributed by atoms with Crippen LogP contribution >= 0.6 is 0 Å². The van der Waals surface area contributed by atoms with Crippen molar-refractivity contribution in [3.63, 3.8) is 0 Å². The third kappa shape index (κ3) is 3.86. The molecule has 0 bridgehead atoms. The van der Waals surface area contributed by atoms with E-state index in [0.717, 1.165) is 25.0 Å². The number of anilines is 1. The number of nitriles is 1. The average Bonchev–Trinajstić information content (AvgIpc) is 2.96. The predicted molar refractivity (Wildman–Crippen MR) is 104 cm³/mol. The number of fused-ring (bicyclic) bond motifs is 1. The topological polar surface area (TPSA) is 67.7 Å². The summed E-state index contributed by atoms with van der Waals surface area (Å²) in [7, 11) is 3.46. The summed E-state index contributed by atoms with van der Waals surface area (Å²) in [6, 6.07) is 3.71. The van der Waals surface area contributed by atoms with Crippen LogP contribution in [-0.2, 0) is 11.0 Å². The predicted octanol–water partition coefficient (Wildman–Crippen LogP) is 4.12. The maximum atomic E-state index is 13.5. The molecule has 2 fully saturated rings. The van der Waals surface area contributed by atoms with E-state index >= 15 is 0 Å². The SMILES string of the molecule is CC(=O)C(=CN(C)C)N1C(=O)N(c2ccc(C#N)c(C(F)(F)F)c2)C2CCCCC21. The second-order valence-corrected chi connectivity index (χ2v) is 7.82. The summed E-state index contributed by atoms with van der Waals surface area (Å²) < 4.78 is 40.4. The van der Waals surface area contributed by atoms with Gasteiger partial charge in [-0.15, -0.1) is 0 Å². The molecule has 0 radical (unpaired) electrons. The Hall–Kier alpha value is -3.02. The number of Topliss-reactive ketones (excluding diaryl/α,β-unsaturated/α-hetero) is 1. The molecule has 1 aromatic carbocycles. The summed E-state index contributed by atoms with van der Waals surface area (Å²) in [5.74, 6) is -0.293. The second kappa shape index (κ2) is 8.01. The number of benzene rings is 1. The Morgan fingerprint density at radius 2 is 1.87 bits per heavy atom. The normalized spacial score (nSPS) is 22.0. The molecule has 1 saturated carbocycles. The van der Waals surface area contributed by atoms with Crippen molar-refractivity contribution < 1.29 is 22.8 Å². The number of allylic oxidation sites excluding steroid dienone is 1. The van der Waals surface area contributed by atoms with Gasteiger partial charge in [-0.25, -0.2) is 4.79 Å². The maximum Gasteiger partial charge on any atom is 0.417 e. The summed E-state index contributed by atoms with van der Waals surface area (Å²) in [6.45, 7) is 1.37. The summed E-state index contributed by atoms with van der Waals surface area (Å²) >= 11 is 0. The number of nitrogens with zero attached hydrogens (tertiary/aromatic N) is 4. The minimum absolute atomic E-state index is 0.0819. The molecule has 1 heterocycles. The molecule has 2 aliphatic rings. The van der Waals surface area contributed by atoms with E-state index in [2.05, 4.69) is 0 Å². The van der Waals surface area contributed by atoms with Gasteiger partial charge in [0.1, 0.15) is 5.70 Å². The molecule has 3 rings (SSSR count). The number of rotatable bonds is 4. The van der Waals surface area contributed by atoms with E-state index in [0.29, 0.717) is 12.8 Å². The number of amides is 2. The van der Waals surface area contributed by atoms with Crippen LogP contribution in [0.4, 0.5) is 23.7 Å². The number of hydrogen-bond donors (Lipinski definition) is 0. The van der Waals surface area contributed by atoms with Gasteiger partial charge in [0.25, 0.3) is 0 Å². The van der Waals surface area contributed by atoms with Gasteiger partial charge in [-0.1, -0.05) is 12.8 Å². The standard InChI is InChI=1S/C21H23F3N4O2/c1-13(29)19(12-26(2)3)28-18-7-5-4-6-17(18)27(20(28)30)15-9-8-14(11-25)16(10-15)21(22,23)24/h8-10,12,17-18H,4-7H2,1-3H3. The molecule has 6 nitrogen and oxygen atoms in total. The Balaban J connectivity index is 2.11. The van der Waals surface area contributed by atoms with Crippen molar-refractivity contribution in [2.75, 3.05) is 19.0 Å². The number of urea groups is 1. The molecule has 1 aliphatic carbocycles. The van der Waals surface area contributed by atoms with E-state index in [1.165, 1.54) is 22.8 Å². The van der Waals surface area contributed by atoms with Gasteiger partial charge in [-0.05, 0) is 31.0 Å². The van der Waals surface area contributed by atoms with Gasteiger partial charge >= 0.3 is 12.2 Å². The number of carbonyl (C=O) groups excluding carboxylic acids is 2. The molecular formula is C21H23F3N4O2. The fraction of sp³-hybridized carbons (Fsp3) is 0.476. The lowest BCUT2D eigenvalue weighted by Gasteiger charge is -2.32. The number of halogens is 3. The fourth-order valence-electron chi connectivity index (χ4n) is 4.26. The number of carbonyl (C=O) groups is 2. The Kier molecular flexibility index (Phi) is 5.79. The maximum absolute atomic E-state index is 13.5. The molecular weight excluding hydrogens is 397 g/mol. The first-order valence-electron chi connectivity index (χ1n) is 9.69. The molecule has 0 aromatic heterocycles. The largest absolute Gasteiger partial charge is 0.417 e. The van der Waals surface area contributed by atoms with E-state index < -0.39 is 23.3 Å². The lowest BCUT2D eigenvalue weighted by atomic mass is 9.89. The summed E-state index contributed by atoms with van der Waals surface area (Å²) in [4.78, 5) is 30.2. The van der Waals surface area contributed by atoms with Gasteiger partial charge in [0, 0.05) is 32.9 Å². The molecule has 2 unspecified atom stereocenters. The van der Waals surface area contributed by atoms with E-state index in [4.69, 9.17) is 5.26 Å². The van der Waals surface area contributed by atoms with E-state index in [1.54, 1.807) is 31.3 Å². The van der Waals surface area contributed by atoms with Crippen LogP contribution in [0.5, 0.6) is 0 Å². The summed E-state index contributed by atoms with van der Waals surface area (Å²) in [5.41, 5.74) is -1.27. The Bertz CT molecular complexity index is 933. The summed E-state index contributed by atoms with van der Waals surface area (Å²) in [5, 5.41) is 9.05. The van der Waals surface area contributed by atoms with Gasteiger partial charge in [0.2, 0.25) is 0 Å². The zero-order chi connectivity index (χ0) is 22.2. The molecule has 1 aliphatic heterocycles. The van der Waals surface area contributed by atoms with Crippen molar-refractivity contribution in [3.05, 3.63) is 41.2 Å². The second-order valence-electron chi connectivity index (χ2n) is 7.82. The highest BCUT2D eigenvalue weighted by molar-refractivity contribution is 6.03. The van der Waals surface area contributed by atoms with E-state index in [-0.39, 0.29) is 29.3 Å². The van der Waals surface area contributed by atoms with Crippen LogP contribution < -0.4 is 4.90 Å². The Morgan fingerprint density at radius 3 is 2.40 bits per heavy atom. The first-order chi connectivity index (χ1) is 14.1. The highest BCUT2D eigenvalue weighted by Gasteiger charge is 2.49. The minimum atomic E-state index is -4.72. The molecule has 0 spiro atoms. The Labute approximate surface area is 173 Å². The minimum Gasteiger partial charge on any atom is -0.382 e. The van der Waals surface area contributed by atoms with Crippen LogP contribution in [-0.4, -0.2) is 47.8 Å². The first-order valence-corrected chi connectivity index (χ1v) is 9.69. The number of hydrogen-bond acceptors (Lipinski definition) is 4. The van der Waals surface area contributed by atoms with Crippen molar-refractivity contribution >= 4 is 17.5 Å². The highest BCUT2D eigenvalue weighted by Crippen LogP contribution is 2.41. The van der Waals surface area contributed by atoms with Gasteiger partial charge in [-0.2, -0.15) is 18.4 Å². The number of ketones is 1. The van der Waals surface area contributed by atoms with E-state index in [1.807, 2.05) is 0 Å². The molecule has 9 heteroatoms. The third-order valence-electron chi connectivity index (χ3n) is 5.48. The van der Waals surface area contributed by atoms with Crippen LogP contribution in [0.25, 0.3) is 0 Å². The smallest absolute Gasteiger partial charge is 0.382 e. The van der Waals surface area contributed by atoms with Gasteiger partial charge in [0.15, 0.2) is 5.78 Å². The van der Waals surface area contributed by atoms with Crippen LogP contribution in [0.15, 0.2) is 30.1 Å². The monoisotopic (exact) mass is 420 g/mol. The van der Waals surface area contributed by atoms with Crippen LogP contribution in [0.2, 0.25) is 0 Å². The van der Waals surface area contributed by atoms with Gasteiger partial charge in [-0.3, -0.25) is 14.6 Å². The number of alkyl halides is 3. The van der Waals surface area contributed by atoms with Gasteiger partial charge in [0.05, 0.1) is 29.3 Å². The molecule has 160 valence electrons. The molecule has 1 saturated heterocycles. The van der Waals surface area contributed by atoms with Crippen molar-refractivity contribution in [2.24, 2.45) is 0 Å². The first kappa shape index (κ1) is 21.7. The zero-order valence-corrected chi connectivity index (χ0v) is 17.0. The Morgan fingerprint density at radius 1 is 1.23 bits per heavy atom. The lowest BCUT2D eigenvalue weighted by Crippen LogP contribution is -2.40.